The largest absolute Gasteiger partial charge is 0.573 e. The Morgan fingerprint density at radius 1 is 1.39 bits per heavy atom. The van der Waals surface area contributed by atoms with E-state index in [4.69, 9.17) is 0 Å². The van der Waals surface area contributed by atoms with Crippen LogP contribution in [0.15, 0.2) is 6.07 Å². The molecule has 1 heterocycles. The number of rotatable bonds is 4. The molecule has 0 radical (unpaired) electrons. The van der Waals surface area contributed by atoms with Crippen LogP contribution < -0.4 is 9.47 Å². The maximum Gasteiger partial charge on any atom is 0.573 e. The summed E-state index contributed by atoms with van der Waals surface area (Å²) in [6.07, 6.45) is -7.88. The summed E-state index contributed by atoms with van der Waals surface area (Å²) in [5.41, 5.74) is -0.761. The zero-order valence-corrected chi connectivity index (χ0v) is 10.5. The fraction of sp³-hybridized carbons (Fsp3) is 0.444. The summed E-state index contributed by atoms with van der Waals surface area (Å²) in [5.74, 6) is -1.41. The molecule has 0 aromatic carbocycles. The lowest BCUT2D eigenvalue weighted by molar-refractivity contribution is -0.275. The molecule has 0 spiro atoms. The number of aromatic nitrogens is 1. The fourth-order valence-electron chi connectivity index (χ4n) is 1.17. The summed E-state index contributed by atoms with van der Waals surface area (Å²) in [6, 6.07) is 0.815. The number of hydrogen-bond donors (Lipinski definition) is 0. The third kappa shape index (κ3) is 3.69. The van der Waals surface area contributed by atoms with Crippen molar-refractivity contribution in [2.75, 3.05) is 7.11 Å². The Balaban J connectivity index is 3.26. The molecule has 0 N–H and O–H groups in total. The Bertz CT molecular complexity index is 424. The Morgan fingerprint density at radius 3 is 2.39 bits per heavy atom. The molecule has 0 saturated heterocycles. The van der Waals surface area contributed by atoms with E-state index in [1.165, 1.54) is 0 Å². The minimum absolute atomic E-state index is 0.0854. The molecule has 1 rings (SSSR count). The molecular weight excluding hydrogens is 329 g/mol. The molecule has 0 aliphatic carbocycles. The average molecular weight is 336 g/mol. The van der Waals surface area contributed by atoms with Crippen molar-refractivity contribution in [3.8, 4) is 11.6 Å². The van der Waals surface area contributed by atoms with Crippen molar-refractivity contribution >= 4 is 15.9 Å². The summed E-state index contributed by atoms with van der Waals surface area (Å²) in [4.78, 5) is 3.32. The Kier molecular flexibility index (Phi) is 4.71. The van der Waals surface area contributed by atoms with Crippen LogP contribution in [0.25, 0.3) is 0 Å². The highest BCUT2D eigenvalue weighted by Gasteiger charge is 2.33. The van der Waals surface area contributed by atoms with Crippen LogP contribution in [-0.2, 0) is 5.33 Å². The van der Waals surface area contributed by atoms with Crippen LogP contribution in [0.1, 0.15) is 17.7 Å². The first kappa shape index (κ1) is 14.9. The molecule has 9 heteroatoms. The molecule has 3 nitrogen and oxygen atoms in total. The normalized spacial score (nSPS) is 11.8. The van der Waals surface area contributed by atoms with Gasteiger partial charge in [-0.2, -0.15) is 0 Å². The van der Waals surface area contributed by atoms with Gasteiger partial charge in [-0.3, -0.25) is 0 Å². The number of methoxy groups -OCH3 is 1. The van der Waals surface area contributed by atoms with Crippen LogP contribution in [0.2, 0.25) is 0 Å². The Morgan fingerprint density at radius 2 is 2.00 bits per heavy atom. The number of alkyl halides is 6. The van der Waals surface area contributed by atoms with Crippen LogP contribution in [-0.4, -0.2) is 18.5 Å². The monoisotopic (exact) mass is 335 g/mol. The second-order valence-corrected chi connectivity index (χ2v) is 3.58. The highest BCUT2D eigenvalue weighted by molar-refractivity contribution is 9.08. The fourth-order valence-corrected chi connectivity index (χ4v) is 1.62. The van der Waals surface area contributed by atoms with E-state index in [0.29, 0.717) is 0 Å². The summed E-state index contributed by atoms with van der Waals surface area (Å²) in [7, 11) is 1.01. The molecular formula is C9H7BrF5NO2. The lowest BCUT2D eigenvalue weighted by Gasteiger charge is -2.14. The smallest absolute Gasteiger partial charge is 0.478 e. The number of pyridine rings is 1. The van der Waals surface area contributed by atoms with E-state index >= 15 is 0 Å². The van der Waals surface area contributed by atoms with Gasteiger partial charge in [0, 0.05) is 5.33 Å². The highest BCUT2D eigenvalue weighted by Crippen LogP contribution is 2.35. The maximum atomic E-state index is 12.6. The molecule has 0 aliphatic rings. The predicted octanol–water partition coefficient (Wildman–Crippen LogP) is 3.82. The van der Waals surface area contributed by atoms with E-state index in [1.807, 2.05) is 0 Å². The molecule has 0 aliphatic heterocycles. The summed E-state index contributed by atoms with van der Waals surface area (Å²) in [5, 5.41) is -0.0854. The van der Waals surface area contributed by atoms with Gasteiger partial charge in [0.05, 0.1) is 7.11 Å². The average Bonchev–Trinajstić information content (AvgIpc) is 2.25. The molecule has 0 bridgehead atoms. The van der Waals surface area contributed by atoms with Crippen molar-refractivity contribution in [3.05, 3.63) is 17.3 Å². The van der Waals surface area contributed by atoms with Crippen molar-refractivity contribution in [3.63, 3.8) is 0 Å². The van der Waals surface area contributed by atoms with Gasteiger partial charge in [-0.25, -0.2) is 13.8 Å². The van der Waals surface area contributed by atoms with Crippen LogP contribution in [0.4, 0.5) is 22.0 Å². The Labute approximate surface area is 107 Å². The molecule has 0 atom stereocenters. The lowest BCUT2D eigenvalue weighted by atomic mass is 10.2. The van der Waals surface area contributed by atoms with Gasteiger partial charge in [-0.1, -0.05) is 15.9 Å². The first-order valence-corrected chi connectivity index (χ1v) is 5.58. The molecule has 102 valence electrons. The minimum Gasteiger partial charge on any atom is -0.478 e. The van der Waals surface area contributed by atoms with E-state index in [-0.39, 0.29) is 10.9 Å². The molecule has 18 heavy (non-hydrogen) atoms. The van der Waals surface area contributed by atoms with Gasteiger partial charge in [0.25, 0.3) is 12.3 Å². The maximum absolute atomic E-state index is 12.6. The van der Waals surface area contributed by atoms with Crippen molar-refractivity contribution in [1.82, 2.24) is 4.98 Å². The minimum atomic E-state index is -4.95. The SMILES string of the molecule is COc1nc(C(F)F)c(CBr)cc1OC(F)(F)F. The van der Waals surface area contributed by atoms with Gasteiger partial charge < -0.3 is 9.47 Å². The number of nitrogens with zero attached hydrogens (tertiary/aromatic N) is 1. The highest BCUT2D eigenvalue weighted by atomic mass is 79.9. The van der Waals surface area contributed by atoms with Gasteiger partial charge in [0.2, 0.25) is 0 Å². The second kappa shape index (κ2) is 5.68. The Hall–Kier alpha value is -1.12. The molecule has 0 fully saturated rings. The first-order chi connectivity index (χ1) is 8.28. The van der Waals surface area contributed by atoms with Crippen molar-refractivity contribution in [2.24, 2.45) is 0 Å². The van der Waals surface area contributed by atoms with E-state index < -0.39 is 30.1 Å². The molecule has 1 aromatic heterocycles. The van der Waals surface area contributed by atoms with Gasteiger partial charge in [-0.05, 0) is 11.6 Å². The van der Waals surface area contributed by atoms with E-state index in [1.54, 1.807) is 0 Å². The van der Waals surface area contributed by atoms with Crippen LogP contribution in [0.5, 0.6) is 11.6 Å². The van der Waals surface area contributed by atoms with Crippen molar-refractivity contribution < 1.29 is 31.4 Å². The zero-order valence-electron chi connectivity index (χ0n) is 8.89. The van der Waals surface area contributed by atoms with Crippen LogP contribution in [0.3, 0.4) is 0 Å². The van der Waals surface area contributed by atoms with Gasteiger partial charge in [-0.15, -0.1) is 13.2 Å². The van der Waals surface area contributed by atoms with E-state index in [9.17, 15) is 22.0 Å². The zero-order chi connectivity index (χ0) is 13.9. The lowest BCUT2D eigenvalue weighted by Crippen LogP contribution is -2.18. The van der Waals surface area contributed by atoms with Crippen molar-refractivity contribution in [2.45, 2.75) is 18.1 Å². The standard InChI is InChI=1S/C9H7BrF5NO2/c1-17-8-5(18-9(13,14)15)2-4(3-10)6(16-8)7(11)12/h2,7H,3H2,1H3. The summed E-state index contributed by atoms with van der Waals surface area (Å²) >= 11 is 2.89. The molecule has 0 unspecified atom stereocenters. The van der Waals surface area contributed by atoms with Crippen LogP contribution in [0, 0.1) is 0 Å². The number of halogens is 6. The van der Waals surface area contributed by atoms with Gasteiger partial charge in [0.1, 0.15) is 5.69 Å². The molecule has 1 aromatic rings. The number of hydrogen-bond acceptors (Lipinski definition) is 3. The van der Waals surface area contributed by atoms with Crippen LogP contribution >= 0.6 is 15.9 Å². The molecule has 0 amide bonds. The summed E-state index contributed by atoms with van der Waals surface area (Å²) < 4.78 is 69.6. The topological polar surface area (TPSA) is 31.4 Å². The second-order valence-electron chi connectivity index (χ2n) is 3.02. The van der Waals surface area contributed by atoms with Gasteiger partial charge in [0.15, 0.2) is 5.75 Å². The predicted molar refractivity (Wildman–Crippen MR) is 55.1 cm³/mol. The third-order valence-electron chi connectivity index (χ3n) is 1.84. The van der Waals surface area contributed by atoms with E-state index in [0.717, 1.165) is 13.2 Å². The van der Waals surface area contributed by atoms with E-state index in [2.05, 4.69) is 30.4 Å². The quantitative estimate of drug-likeness (QED) is 0.619. The number of ether oxygens (including phenoxy) is 2. The first-order valence-electron chi connectivity index (χ1n) is 4.46. The third-order valence-corrected chi connectivity index (χ3v) is 2.44. The van der Waals surface area contributed by atoms with Crippen molar-refractivity contribution in [1.29, 1.82) is 0 Å². The molecule has 0 saturated carbocycles. The van der Waals surface area contributed by atoms with Gasteiger partial charge >= 0.3 is 6.36 Å². The summed E-state index contributed by atoms with van der Waals surface area (Å²) in [6.45, 7) is 0.